The van der Waals surface area contributed by atoms with Gasteiger partial charge in [-0.25, -0.2) is 13.1 Å². The molecule has 0 aliphatic carbocycles. The third kappa shape index (κ3) is 3.44. The third-order valence-electron chi connectivity index (χ3n) is 4.34. The number of hydrogen-bond acceptors (Lipinski definition) is 3. The van der Waals surface area contributed by atoms with Gasteiger partial charge >= 0.3 is 10.2 Å². The summed E-state index contributed by atoms with van der Waals surface area (Å²) in [7, 11) is -2.27. The molecule has 0 aromatic heterocycles. The zero-order valence-electron chi connectivity index (χ0n) is 14.5. The predicted molar refractivity (Wildman–Crippen MR) is 97.4 cm³/mol. The molecule has 1 heterocycles. The van der Waals surface area contributed by atoms with Crippen molar-refractivity contribution < 1.29 is 17.2 Å². The average Bonchev–Trinajstić information content (AvgIpc) is 2.60. The van der Waals surface area contributed by atoms with E-state index >= 15 is 0 Å². The Kier molecular flexibility index (Phi) is 5.55. The molecule has 140 valence electrons. The number of anilines is 2. The maximum absolute atomic E-state index is 14.4. The summed E-state index contributed by atoms with van der Waals surface area (Å²) in [6, 6.07) is 10.1. The van der Waals surface area contributed by atoms with Crippen molar-refractivity contribution in [2.75, 3.05) is 24.4 Å². The van der Waals surface area contributed by atoms with Crippen molar-refractivity contribution >= 4 is 21.6 Å². The predicted octanol–water partition coefficient (Wildman–Crippen LogP) is 3.16. The van der Waals surface area contributed by atoms with Gasteiger partial charge in [-0.2, -0.15) is 12.7 Å². The van der Waals surface area contributed by atoms with E-state index < -0.39 is 27.5 Å². The molecule has 3 rings (SSSR count). The molecular weight excluding hydrogens is 360 g/mol. The molecule has 0 radical (unpaired) electrons. The number of rotatable bonds is 6. The Morgan fingerprint density at radius 2 is 1.73 bits per heavy atom. The van der Waals surface area contributed by atoms with Gasteiger partial charge in [0.05, 0.1) is 5.69 Å². The van der Waals surface area contributed by atoms with Crippen LogP contribution in [-0.4, -0.2) is 32.9 Å². The van der Waals surface area contributed by atoms with Crippen molar-refractivity contribution in [1.29, 1.82) is 0 Å². The SMILES string of the molecule is CNCCCCN1Cc2ccccc2N(c2c(F)cccc2F)S1(=O)=O. The number of unbranched alkanes of at least 4 members (excludes halogenated alkanes) is 1. The molecule has 0 saturated heterocycles. The summed E-state index contributed by atoms with van der Waals surface area (Å²) in [5, 5.41) is 3.01. The van der Waals surface area contributed by atoms with Crippen molar-refractivity contribution in [1.82, 2.24) is 9.62 Å². The van der Waals surface area contributed by atoms with Crippen molar-refractivity contribution in [2.24, 2.45) is 0 Å². The monoisotopic (exact) mass is 381 g/mol. The minimum absolute atomic E-state index is 0.185. The van der Waals surface area contributed by atoms with Crippen LogP contribution >= 0.6 is 0 Å². The van der Waals surface area contributed by atoms with E-state index in [0.717, 1.165) is 29.4 Å². The van der Waals surface area contributed by atoms with Crippen LogP contribution < -0.4 is 9.62 Å². The number of fused-ring (bicyclic) bond motifs is 1. The summed E-state index contributed by atoms with van der Waals surface area (Å²) in [4.78, 5) is 0. The molecule has 0 bridgehead atoms. The lowest BCUT2D eigenvalue weighted by Crippen LogP contribution is -2.46. The molecule has 2 aromatic carbocycles. The van der Waals surface area contributed by atoms with Gasteiger partial charge in [0.1, 0.15) is 5.69 Å². The van der Waals surface area contributed by atoms with Gasteiger partial charge in [-0.15, -0.1) is 0 Å². The summed E-state index contributed by atoms with van der Waals surface area (Å²) >= 11 is 0. The number of halogens is 2. The Morgan fingerprint density at radius 3 is 2.42 bits per heavy atom. The molecule has 5 nitrogen and oxygen atoms in total. The van der Waals surface area contributed by atoms with Crippen LogP contribution in [0.25, 0.3) is 0 Å². The van der Waals surface area contributed by atoms with Gasteiger partial charge in [0.25, 0.3) is 0 Å². The first-order chi connectivity index (χ1) is 12.5. The largest absolute Gasteiger partial charge is 0.320 e. The third-order valence-corrected chi connectivity index (χ3v) is 6.14. The highest BCUT2D eigenvalue weighted by atomic mass is 32.2. The van der Waals surface area contributed by atoms with Gasteiger partial charge in [-0.3, -0.25) is 0 Å². The van der Waals surface area contributed by atoms with E-state index in [9.17, 15) is 17.2 Å². The fraction of sp³-hybridized carbons (Fsp3) is 0.333. The maximum atomic E-state index is 14.4. The summed E-state index contributed by atoms with van der Waals surface area (Å²) < 4.78 is 57.1. The molecule has 26 heavy (non-hydrogen) atoms. The molecule has 1 N–H and O–H groups in total. The van der Waals surface area contributed by atoms with Crippen LogP contribution in [0.4, 0.5) is 20.2 Å². The number of hydrogen-bond donors (Lipinski definition) is 1. The van der Waals surface area contributed by atoms with E-state index in [1.807, 2.05) is 7.05 Å². The van der Waals surface area contributed by atoms with Crippen LogP contribution in [0, 0.1) is 11.6 Å². The molecule has 0 fully saturated rings. The van der Waals surface area contributed by atoms with E-state index in [4.69, 9.17) is 0 Å². The van der Waals surface area contributed by atoms with E-state index in [1.54, 1.807) is 24.3 Å². The van der Waals surface area contributed by atoms with Gasteiger partial charge in [0.2, 0.25) is 0 Å². The van der Waals surface area contributed by atoms with Crippen LogP contribution in [0.1, 0.15) is 18.4 Å². The van der Waals surface area contributed by atoms with E-state index in [0.29, 0.717) is 12.0 Å². The Balaban J connectivity index is 2.06. The summed E-state index contributed by atoms with van der Waals surface area (Å²) in [6.07, 6.45) is 1.45. The van der Waals surface area contributed by atoms with Crippen LogP contribution in [0.3, 0.4) is 0 Å². The first kappa shape index (κ1) is 18.8. The highest BCUT2D eigenvalue weighted by Crippen LogP contribution is 2.40. The number of benzene rings is 2. The molecule has 0 amide bonds. The minimum Gasteiger partial charge on any atom is -0.320 e. The summed E-state index contributed by atoms with van der Waals surface area (Å²) in [5.74, 6) is -1.83. The van der Waals surface area contributed by atoms with Crippen molar-refractivity contribution in [2.45, 2.75) is 19.4 Å². The van der Waals surface area contributed by atoms with Gasteiger partial charge in [0, 0.05) is 13.1 Å². The number of nitrogens with zero attached hydrogens (tertiary/aromatic N) is 2. The first-order valence-corrected chi connectivity index (χ1v) is 9.83. The Hall–Kier alpha value is -2.03. The molecule has 0 unspecified atom stereocenters. The smallest absolute Gasteiger partial charge is 0.308 e. The second kappa shape index (κ2) is 7.69. The van der Waals surface area contributed by atoms with Crippen LogP contribution in [0.15, 0.2) is 42.5 Å². The Bertz CT molecular complexity index is 870. The highest BCUT2D eigenvalue weighted by Gasteiger charge is 2.39. The molecule has 2 aromatic rings. The number of para-hydroxylation sites is 2. The zero-order valence-corrected chi connectivity index (χ0v) is 15.3. The van der Waals surface area contributed by atoms with E-state index in [-0.39, 0.29) is 18.8 Å². The Labute approximate surface area is 152 Å². The first-order valence-electron chi connectivity index (χ1n) is 8.43. The quantitative estimate of drug-likeness (QED) is 0.782. The number of nitrogens with one attached hydrogen (secondary N) is 1. The molecule has 1 aliphatic rings. The Morgan fingerprint density at radius 1 is 1.04 bits per heavy atom. The van der Waals surface area contributed by atoms with Gasteiger partial charge in [0.15, 0.2) is 11.6 Å². The maximum Gasteiger partial charge on any atom is 0.308 e. The highest BCUT2D eigenvalue weighted by molar-refractivity contribution is 7.90. The average molecular weight is 381 g/mol. The molecule has 8 heteroatoms. The lowest BCUT2D eigenvalue weighted by molar-refractivity contribution is 0.388. The lowest BCUT2D eigenvalue weighted by atomic mass is 10.1. The lowest BCUT2D eigenvalue weighted by Gasteiger charge is -2.37. The van der Waals surface area contributed by atoms with E-state index in [2.05, 4.69) is 5.32 Å². The molecule has 0 saturated carbocycles. The van der Waals surface area contributed by atoms with Gasteiger partial charge in [-0.05, 0) is 50.2 Å². The molecule has 0 atom stereocenters. The topological polar surface area (TPSA) is 52.6 Å². The summed E-state index contributed by atoms with van der Waals surface area (Å²) in [6.45, 7) is 1.24. The second-order valence-corrected chi connectivity index (χ2v) is 7.89. The normalized spacial score (nSPS) is 16.5. The minimum atomic E-state index is -4.10. The summed E-state index contributed by atoms with van der Waals surface area (Å²) in [5.41, 5.74) is 0.418. The molecule has 1 aliphatic heterocycles. The second-order valence-electron chi connectivity index (χ2n) is 6.12. The van der Waals surface area contributed by atoms with Crippen LogP contribution in [0.5, 0.6) is 0 Å². The zero-order chi connectivity index (χ0) is 18.7. The van der Waals surface area contributed by atoms with Crippen LogP contribution in [0.2, 0.25) is 0 Å². The fourth-order valence-corrected chi connectivity index (χ4v) is 4.78. The van der Waals surface area contributed by atoms with E-state index in [1.165, 1.54) is 10.4 Å². The molecule has 0 spiro atoms. The van der Waals surface area contributed by atoms with Gasteiger partial charge < -0.3 is 5.32 Å². The van der Waals surface area contributed by atoms with Crippen molar-refractivity contribution in [3.8, 4) is 0 Å². The molecular formula is C18H21F2N3O2S. The standard InChI is InChI=1S/C18H21F2N3O2S/c1-21-11-4-5-12-22-13-14-7-2-3-10-17(14)23(26(22,24)25)18-15(19)8-6-9-16(18)20/h2-3,6-10,21H,4-5,11-13H2,1H3. The van der Waals surface area contributed by atoms with Crippen molar-refractivity contribution in [3.63, 3.8) is 0 Å². The fourth-order valence-electron chi connectivity index (χ4n) is 3.06. The van der Waals surface area contributed by atoms with Crippen LogP contribution in [-0.2, 0) is 16.8 Å². The van der Waals surface area contributed by atoms with Crippen molar-refractivity contribution in [3.05, 3.63) is 59.7 Å². The van der Waals surface area contributed by atoms with Gasteiger partial charge in [-0.1, -0.05) is 24.3 Å².